The fraction of sp³-hybridized carbons (Fsp3) is 0.304. The van der Waals surface area contributed by atoms with Crippen LogP contribution in [0.1, 0.15) is 25.0 Å². The lowest BCUT2D eigenvalue weighted by molar-refractivity contribution is -0.129. The Bertz CT molecular complexity index is 1200. The Morgan fingerprint density at radius 2 is 1.75 bits per heavy atom. The minimum Gasteiger partial charge on any atom is -0.361 e. The zero-order valence-electron chi connectivity index (χ0n) is 18.1. The van der Waals surface area contributed by atoms with E-state index in [1.165, 1.54) is 12.1 Å². The molecule has 0 aliphatic heterocycles. The van der Waals surface area contributed by atoms with E-state index in [2.05, 4.69) is 15.6 Å². The second-order valence-electron chi connectivity index (χ2n) is 8.06. The van der Waals surface area contributed by atoms with Gasteiger partial charge in [0.05, 0.1) is 11.3 Å². The van der Waals surface area contributed by atoms with Crippen molar-refractivity contribution in [3.63, 3.8) is 0 Å². The third-order valence-corrected chi connectivity index (χ3v) is 6.19. The van der Waals surface area contributed by atoms with Crippen molar-refractivity contribution in [3.05, 3.63) is 65.9 Å². The first-order valence-electron chi connectivity index (χ1n) is 10.4. The van der Waals surface area contributed by atoms with E-state index < -0.39 is 16.1 Å². The number of hydrogen-bond donors (Lipinski definition) is 4. The molecule has 170 valence electrons. The Morgan fingerprint density at radius 3 is 2.41 bits per heavy atom. The number of fused-ring (bicyclic) bond motifs is 1. The molecule has 1 aromatic heterocycles. The largest absolute Gasteiger partial charge is 0.361 e. The van der Waals surface area contributed by atoms with Crippen molar-refractivity contribution in [1.29, 1.82) is 0 Å². The number of benzene rings is 2. The maximum absolute atomic E-state index is 12.7. The number of sulfonamides is 1. The number of hydrogen-bond acceptors (Lipinski definition) is 4. The second-order valence-corrected chi connectivity index (χ2v) is 9.62. The molecule has 0 saturated carbocycles. The molecule has 8 nitrogen and oxygen atoms in total. The zero-order valence-corrected chi connectivity index (χ0v) is 18.9. The Labute approximate surface area is 187 Å². The van der Waals surface area contributed by atoms with Gasteiger partial charge >= 0.3 is 0 Å². The lowest BCUT2D eigenvalue weighted by Gasteiger charge is -2.21. The smallest absolute Gasteiger partial charge is 0.242 e. The van der Waals surface area contributed by atoms with Gasteiger partial charge in [-0.05, 0) is 41.7 Å². The van der Waals surface area contributed by atoms with E-state index in [1.54, 1.807) is 12.1 Å². The van der Waals surface area contributed by atoms with Crippen molar-refractivity contribution < 1.29 is 18.0 Å². The first-order valence-corrected chi connectivity index (χ1v) is 11.9. The first-order chi connectivity index (χ1) is 15.1. The predicted molar refractivity (Wildman–Crippen MR) is 123 cm³/mol. The molecule has 0 fully saturated rings. The van der Waals surface area contributed by atoms with E-state index in [4.69, 9.17) is 5.14 Å². The van der Waals surface area contributed by atoms with Crippen LogP contribution >= 0.6 is 0 Å². The summed E-state index contributed by atoms with van der Waals surface area (Å²) in [5, 5.41) is 11.8. The molecule has 0 bridgehead atoms. The van der Waals surface area contributed by atoms with Gasteiger partial charge in [-0.25, -0.2) is 13.6 Å². The van der Waals surface area contributed by atoms with Gasteiger partial charge in [-0.15, -0.1) is 0 Å². The van der Waals surface area contributed by atoms with Gasteiger partial charge in [0.15, 0.2) is 0 Å². The van der Waals surface area contributed by atoms with Crippen LogP contribution in [-0.4, -0.2) is 37.8 Å². The van der Waals surface area contributed by atoms with Gasteiger partial charge in [-0.3, -0.25) is 9.59 Å². The fourth-order valence-corrected chi connectivity index (χ4v) is 4.01. The molecule has 1 unspecified atom stereocenters. The molecule has 1 heterocycles. The highest BCUT2D eigenvalue weighted by Crippen LogP contribution is 2.18. The number of aromatic nitrogens is 1. The van der Waals surface area contributed by atoms with E-state index in [-0.39, 0.29) is 29.0 Å². The fourth-order valence-electron chi connectivity index (χ4n) is 3.50. The quantitative estimate of drug-likeness (QED) is 0.391. The van der Waals surface area contributed by atoms with Gasteiger partial charge in [-0.2, -0.15) is 0 Å². The Balaban J connectivity index is 1.54. The standard InChI is InChI=1S/C23H28N4O4S/c1-15(2)22(27-21(28)13-17-14-26-20-6-4-3-5-19(17)20)23(29)25-12-11-16-7-9-18(10-8-16)32(24,30)31/h3-10,14-15,22,26H,11-13H2,1-2H3,(H,25,29)(H,27,28)(H2,24,30,31). The van der Waals surface area contributed by atoms with Crippen molar-refractivity contribution in [3.8, 4) is 0 Å². The first kappa shape index (κ1) is 23.5. The molecular weight excluding hydrogens is 428 g/mol. The summed E-state index contributed by atoms with van der Waals surface area (Å²) < 4.78 is 22.6. The number of carbonyl (C=O) groups excluding carboxylic acids is 2. The van der Waals surface area contributed by atoms with Crippen molar-refractivity contribution in [1.82, 2.24) is 15.6 Å². The summed E-state index contributed by atoms with van der Waals surface area (Å²) in [6.07, 6.45) is 2.51. The molecule has 0 spiro atoms. The number of H-pyrrole nitrogens is 1. The molecule has 0 aliphatic carbocycles. The maximum atomic E-state index is 12.7. The van der Waals surface area contributed by atoms with Gasteiger partial charge in [0, 0.05) is 23.6 Å². The molecule has 5 N–H and O–H groups in total. The number of rotatable bonds is 9. The topological polar surface area (TPSA) is 134 Å². The summed E-state index contributed by atoms with van der Waals surface area (Å²) in [6.45, 7) is 4.11. The highest BCUT2D eigenvalue weighted by molar-refractivity contribution is 7.89. The number of amides is 2. The molecule has 9 heteroatoms. The highest BCUT2D eigenvalue weighted by Gasteiger charge is 2.24. The van der Waals surface area contributed by atoms with Crippen molar-refractivity contribution in [2.75, 3.05) is 6.54 Å². The van der Waals surface area contributed by atoms with Gasteiger partial charge in [0.2, 0.25) is 21.8 Å². The number of carbonyl (C=O) groups is 2. The van der Waals surface area contributed by atoms with Gasteiger partial charge in [-0.1, -0.05) is 44.2 Å². The molecule has 3 rings (SSSR count). The molecule has 0 radical (unpaired) electrons. The maximum Gasteiger partial charge on any atom is 0.242 e. The molecule has 2 aromatic carbocycles. The van der Waals surface area contributed by atoms with E-state index in [9.17, 15) is 18.0 Å². The summed E-state index contributed by atoms with van der Waals surface area (Å²) >= 11 is 0. The van der Waals surface area contributed by atoms with E-state index in [1.807, 2.05) is 44.3 Å². The third kappa shape index (κ3) is 5.95. The Kier molecular flexibility index (Phi) is 7.32. The predicted octanol–water partition coefficient (Wildman–Crippen LogP) is 1.86. The van der Waals surface area contributed by atoms with E-state index in [0.29, 0.717) is 13.0 Å². The number of nitrogens with one attached hydrogen (secondary N) is 3. The van der Waals surface area contributed by atoms with Crippen LogP contribution in [0.4, 0.5) is 0 Å². The van der Waals surface area contributed by atoms with E-state index in [0.717, 1.165) is 22.0 Å². The average molecular weight is 457 g/mol. The molecule has 1 atom stereocenters. The van der Waals surface area contributed by atoms with Gasteiger partial charge in [0.25, 0.3) is 0 Å². The van der Waals surface area contributed by atoms with Crippen LogP contribution < -0.4 is 15.8 Å². The number of primary sulfonamides is 1. The molecule has 32 heavy (non-hydrogen) atoms. The molecular formula is C23H28N4O4S. The summed E-state index contributed by atoms with van der Waals surface area (Å²) in [6, 6.07) is 13.3. The number of nitrogens with two attached hydrogens (primary N) is 1. The average Bonchev–Trinajstić information content (AvgIpc) is 3.14. The summed E-state index contributed by atoms with van der Waals surface area (Å²) in [5.74, 6) is -0.563. The van der Waals surface area contributed by atoms with Crippen LogP contribution in [0.5, 0.6) is 0 Å². The van der Waals surface area contributed by atoms with Gasteiger partial charge < -0.3 is 15.6 Å². The second kappa shape index (κ2) is 9.97. The number of para-hydroxylation sites is 1. The zero-order chi connectivity index (χ0) is 23.3. The van der Waals surface area contributed by atoms with Crippen LogP contribution in [0.3, 0.4) is 0 Å². The summed E-state index contributed by atoms with van der Waals surface area (Å²) in [7, 11) is -3.73. The molecule has 0 aliphatic rings. The minimum absolute atomic E-state index is 0.0445. The number of aromatic amines is 1. The lowest BCUT2D eigenvalue weighted by atomic mass is 10.0. The third-order valence-electron chi connectivity index (χ3n) is 5.26. The lowest BCUT2D eigenvalue weighted by Crippen LogP contribution is -2.50. The van der Waals surface area contributed by atoms with Crippen LogP contribution in [0.2, 0.25) is 0 Å². The van der Waals surface area contributed by atoms with Crippen LogP contribution in [0.15, 0.2) is 59.6 Å². The van der Waals surface area contributed by atoms with Crippen molar-refractivity contribution >= 4 is 32.7 Å². The van der Waals surface area contributed by atoms with Crippen molar-refractivity contribution in [2.24, 2.45) is 11.1 Å². The van der Waals surface area contributed by atoms with Crippen LogP contribution in [0.25, 0.3) is 10.9 Å². The van der Waals surface area contributed by atoms with Crippen LogP contribution in [-0.2, 0) is 32.5 Å². The molecule has 3 aromatic rings. The molecule has 2 amide bonds. The van der Waals surface area contributed by atoms with Crippen LogP contribution in [0, 0.1) is 5.92 Å². The Morgan fingerprint density at radius 1 is 1.06 bits per heavy atom. The molecule has 0 saturated heterocycles. The minimum atomic E-state index is -3.73. The Hall–Kier alpha value is -3.17. The van der Waals surface area contributed by atoms with Crippen molar-refractivity contribution in [2.45, 2.75) is 37.6 Å². The van der Waals surface area contributed by atoms with E-state index >= 15 is 0 Å². The van der Waals surface area contributed by atoms with Gasteiger partial charge in [0.1, 0.15) is 6.04 Å². The summed E-state index contributed by atoms with van der Waals surface area (Å²) in [5.41, 5.74) is 2.71. The normalized spacial score (nSPS) is 12.6. The summed E-state index contributed by atoms with van der Waals surface area (Å²) in [4.78, 5) is 28.5. The SMILES string of the molecule is CC(C)C(NC(=O)Cc1c[nH]c2ccccc12)C(=O)NCCc1ccc(S(N)(=O)=O)cc1. The monoisotopic (exact) mass is 456 g/mol. The highest BCUT2D eigenvalue weighted by atomic mass is 32.2.